The molecular weight excluding hydrogens is 357 g/mol. The first-order valence-corrected chi connectivity index (χ1v) is 8.89. The van der Waals surface area contributed by atoms with Crippen LogP contribution in [0.25, 0.3) is 0 Å². The van der Waals surface area contributed by atoms with Gasteiger partial charge in [0, 0.05) is 31.2 Å². The smallest absolute Gasteiger partial charge is 0.378 e. The SMILES string of the molecule is C[C@@H](Nc1ccnc(C(=O)N2CCCCC2)c1)c1ccc(C(F)(F)F)nc1. The topological polar surface area (TPSA) is 58.1 Å². The zero-order valence-corrected chi connectivity index (χ0v) is 15.0. The Morgan fingerprint density at radius 1 is 1.15 bits per heavy atom. The minimum absolute atomic E-state index is 0.0952. The van der Waals surface area contributed by atoms with Crippen LogP contribution in [0.3, 0.4) is 0 Å². The third kappa shape index (κ3) is 4.75. The van der Waals surface area contributed by atoms with E-state index < -0.39 is 11.9 Å². The fourth-order valence-corrected chi connectivity index (χ4v) is 3.06. The van der Waals surface area contributed by atoms with E-state index in [2.05, 4.69) is 15.3 Å². The van der Waals surface area contributed by atoms with Crippen LogP contribution >= 0.6 is 0 Å². The number of carbonyl (C=O) groups is 1. The molecule has 1 aliphatic heterocycles. The Morgan fingerprint density at radius 2 is 1.89 bits per heavy atom. The van der Waals surface area contributed by atoms with Gasteiger partial charge in [-0.25, -0.2) is 0 Å². The van der Waals surface area contributed by atoms with E-state index in [9.17, 15) is 18.0 Å². The minimum Gasteiger partial charge on any atom is -0.378 e. The second kappa shape index (κ2) is 7.94. The molecule has 1 fully saturated rings. The average molecular weight is 378 g/mol. The number of pyridine rings is 2. The van der Waals surface area contributed by atoms with Crippen molar-refractivity contribution in [2.24, 2.45) is 0 Å². The van der Waals surface area contributed by atoms with Crippen molar-refractivity contribution in [3.63, 3.8) is 0 Å². The molecule has 1 atom stereocenters. The van der Waals surface area contributed by atoms with Gasteiger partial charge in [0.2, 0.25) is 0 Å². The molecule has 3 rings (SSSR count). The van der Waals surface area contributed by atoms with E-state index in [-0.39, 0.29) is 11.9 Å². The van der Waals surface area contributed by atoms with Gasteiger partial charge in [-0.3, -0.25) is 14.8 Å². The molecule has 0 bridgehead atoms. The lowest BCUT2D eigenvalue weighted by molar-refractivity contribution is -0.141. The Bertz CT molecular complexity index is 786. The van der Waals surface area contributed by atoms with E-state index in [4.69, 9.17) is 0 Å². The lowest BCUT2D eigenvalue weighted by atomic mass is 10.1. The number of hydrogen-bond donors (Lipinski definition) is 1. The van der Waals surface area contributed by atoms with Crippen LogP contribution in [0, 0.1) is 0 Å². The monoisotopic (exact) mass is 378 g/mol. The number of carbonyl (C=O) groups excluding carboxylic acids is 1. The number of anilines is 1. The molecule has 8 heteroatoms. The van der Waals surface area contributed by atoms with E-state index in [0.29, 0.717) is 16.9 Å². The van der Waals surface area contributed by atoms with Gasteiger partial charge in [-0.1, -0.05) is 6.07 Å². The summed E-state index contributed by atoms with van der Waals surface area (Å²) in [4.78, 5) is 22.0. The zero-order chi connectivity index (χ0) is 19.4. The maximum absolute atomic E-state index is 12.6. The number of rotatable bonds is 4. The van der Waals surface area contributed by atoms with Crippen LogP contribution in [-0.4, -0.2) is 33.9 Å². The van der Waals surface area contributed by atoms with Crippen LogP contribution in [0.5, 0.6) is 0 Å². The largest absolute Gasteiger partial charge is 0.433 e. The van der Waals surface area contributed by atoms with Gasteiger partial charge < -0.3 is 10.2 Å². The second-order valence-corrected chi connectivity index (χ2v) is 6.62. The van der Waals surface area contributed by atoms with Crippen molar-refractivity contribution in [2.75, 3.05) is 18.4 Å². The average Bonchev–Trinajstić information content (AvgIpc) is 2.67. The van der Waals surface area contributed by atoms with Crippen molar-refractivity contribution in [3.05, 3.63) is 53.6 Å². The fourth-order valence-electron chi connectivity index (χ4n) is 3.06. The third-order valence-corrected chi connectivity index (χ3v) is 4.58. The second-order valence-electron chi connectivity index (χ2n) is 6.62. The van der Waals surface area contributed by atoms with E-state index in [1.165, 1.54) is 12.3 Å². The molecule has 0 aliphatic carbocycles. The lowest BCUT2D eigenvalue weighted by Crippen LogP contribution is -2.36. The molecular formula is C19H21F3N4O. The number of halogens is 3. The standard InChI is InChI=1S/C19H21F3N4O/c1-13(14-5-6-17(24-12-14)19(20,21)22)25-15-7-8-23-16(11-15)18(27)26-9-3-2-4-10-26/h5-8,11-13H,2-4,9-10H2,1H3,(H,23,25)/t13-/m1/s1. The van der Waals surface area contributed by atoms with Gasteiger partial charge in [0.05, 0.1) is 6.04 Å². The molecule has 3 heterocycles. The van der Waals surface area contributed by atoms with Gasteiger partial charge in [-0.15, -0.1) is 0 Å². The molecule has 144 valence electrons. The highest BCUT2D eigenvalue weighted by atomic mass is 19.4. The molecule has 0 saturated carbocycles. The summed E-state index contributed by atoms with van der Waals surface area (Å²) in [5.41, 5.74) is 0.734. The summed E-state index contributed by atoms with van der Waals surface area (Å²) in [6, 6.07) is 5.48. The van der Waals surface area contributed by atoms with Gasteiger partial charge in [0.25, 0.3) is 5.91 Å². The maximum atomic E-state index is 12.6. The highest BCUT2D eigenvalue weighted by molar-refractivity contribution is 5.93. The number of hydrogen-bond acceptors (Lipinski definition) is 4. The number of piperidine rings is 1. The maximum Gasteiger partial charge on any atom is 0.433 e. The summed E-state index contributed by atoms with van der Waals surface area (Å²) in [5, 5.41) is 3.18. The van der Waals surface area contributed by atoms with Crippen LogP contribution in [-0.2, 0) is 6.18 Å². The zero-order valence-electron chi connectivity index (χ0n) is 15.0. The van der Waals surface area contributed by atoms with Crippen LogP contribution in [0.15, 0.2) is 36.7 Å². The van der Waals surface area contributed by atoms with Crippen molar-refractivity contribution in [3.8, 4) is 0 Å². The molecule has 0 unspecified atom stereocenters. The summed E-state index contributed by atoms with van der Waals surface area (Å²) >= 11 is 0. The highest BCUT2D eigenvalue weighted by Crippen LogP contribution is 2.28. The van der Waals surface area contributed by atoms with Gasteiger partial charge in [-0.2, -0.15) is 13.2 Å². The Hall–Kier alpha value is -2.64. The first-order chi connectivity index (χ1) is 12.8. The molecule has 1 saturated heterocycles. The molecule has 2 aromatic heterocycles. The van der Waals surface area contributed by atoms with Crippen LogP contribution in [0.1, 0.15) is 54.0 Å². The van der Waals surface area contributed by atoms with Crippen LogP contribution in [0.2, 0.25) is 0 Å². The first kappa shape index (κ1) is 19.1. The summed E-state index contributed by atoms with van der Waals surface area (Å²) in [6.07, 6.45) is 1.45. The van der Waals surface area contributed by atoms with Crippen molar-refractivity contribution in [2.45, 2.75) is 38.4 Å². The third-order valence-electron chi connectivity index (χ3n) is 4.58. The number of aromatic nitrogens is 2. The predicted octanol–water partition coefficient (Wildman–Crippen LogP) is 4.29. The quantitative estimate of drug-likeness (QED) is 0.862. The molecule has 0 spiro atoms. The number of nitrogens with zero attached hydrogens (tertiary/aromatic N) is 3. The van der Waals surface area contributed by atoms with Crippen molar-refractivity contribution >= 4 is 11.6 Å². The predicted molar refractivity (Wildman–Crippen MR) is 95.3 cm³/mol. The fraction of sp³-hybridized carbons (Fsp3) is 0.421. The Labute approximate surface area is 155 Å². The van der Waals surface area contributed by atoms with E-state index in [1.807, 2.05) is 6.92 Å². The van der Waals surface area contributed by atoms with Crippen LogP contribution < -0.4 is 5.32 Å². The molecule has 0 aromatic carbocycles. The Balaban J connectivity index is 1.69. The molecule has 5 nitrogen and oxygen atoms in total. The first-order valence-electron chi connectivity index (χ1n) is 8.89. The van der Waals surface area contributed by atoms with E-state index in [1.54, 1.807) is 23.2 Å². The van der Waals surface area contributed by atoms with Crippen molar-refractivity contribution in [1.82, 2.24) is 14.9 Å². The summed E-state index contributed by atoms with van der Waals surface area (Å²) in [7, 11) is 0. The lowest BCUT2D eigenvalue weighted by Gasteiger charge is -2.26. The molecule has 1 N–H and O–H groups in total. The molecule has 1 aliphatic rings. The van der Waals surface area contributed by atoms with Crippen molar-refractivity contribution < 1.29 is 18.0 Å². The summed E-state index contributed by atoms with van der Waals surface area (Å²) < 4.78 is 37.9. The van der Waals surface area contributed by atoms with E-state index in [0.717, 1.165) is 38.4 Å². The minimum atomic E-state index is -4.45. The van der Waals surface area contributed by atoms with Gasteiger partial charge in [0.15, 0.2) is 0 Å². The number of alkyl halides is 3. The normalized spacial score (nSPS) is 16.1. The molecule has 0 radical (unpaired) electrons. The number of amides is 1. The van der Waals surface area contributed by atoms with Crippen molar-refractivity contribution in [1.29, 1.82) is 0 Å². The van der Waals surface area contributed by atoms with Gasteiger partial charge in [0.1, 0.15) is 11.4 Å². The van der Waals surface area contributed by atoms with Gasteiger partial charge in [-0.05, 0) is 49.9 Å². The molecule has 1 amide bonds. The Kier molecular flexibility index (Phi) is 5.62. The summed E-state index contributed by atoms with van der Waals surface area (Å²) in [5.74, 6) is -0.0952. The van der Waals surface area contributed by atoms with Crippen LogP contribution in [0.4, 0.5) is 18.9 Å². The number of nitrogens with one attached hydrogen (secondary N) is 1. The Morgan fingerprint density at radius 3 is 2.52 bits per heavy atom. The highest BCUT2D eigenvalue weighted by Gasteiger charge is 2.32. The molecule has 27 heavy (non-hydrogen) atoms. The van der Waals surface area contributed by atoms with E-state index >= 15 is 0 Å². The van der Waals surface area contributed by atoms with Gasteiger partial charge >= 0.3 is 6.18 Å². The summed E-state index contributed by atoms with van der Waals surface area (Å²) in [6.45, 7) is 3.30. The number of likely N-dealkylation sites (tertiary alicyclic amines) is 1. The molecule has 2 aromatic rings.